The second-order valence-electron chi connectivity index (χ2n) is 4.92. The van der Waals surface area contributed by atoms with Crippen LogP contribution < -0.4 is 15.2 Å². The van der Waals surface area contributed by atoms with E-state index in [2.05, 4.69) is 11.6 Å². The van der Waals surface area contributed by atoms with E-state index in [1.165, 1.54) is 0 Å². The largest absolute Gasteiger partial charge is 0.490 e. The molecule has 0 bridgehead atoms. The molecule has 2 amide bonds. The van der Waals surface area contributed by atoms with Gasteiger partial charge in [0.15, 0.2) is 11.5 Å². The molecule has 0 aromatic heterocycles. The Morgan fingerprint density at radius 2 is 2.14 bits per heavy atom. The summed E-state index contributed by atoms with van der Waals surface area (Å²) in [6.45, 7) is 5.31. The van der Waals surface area contributed by atoms with Gasteiger partial charge in [0, 0.05) is 13.0 Å². The number of benzene rings is 1. The van der Waals surface area contributed by atoms with Crippen LogP contribution in [0.4, 0.5) is 4.79 Å². The number of amidine groups is 1. The minimum Gasteiger partial charge on any atom is -0.490 e. The van der Waals surface area contributed by atoms with E-state index in [0.29, 0.717) is 31.3 Å². The van der Waals surface area contributed by atoms with Crippen LogP contribution in [0.25, 0.3) is 0 Å². The topological polar surface area (TPSA) is 77.2 Å². The molecule has 2 aliphatic rings. The molecule has 2 aliphatic heterocycles. The zero-order valence-corrected chi connectivity index (χ0v) is 11.6. The molecular weight excluding hydrogens is 270 g/mol. The van der Waals surface area contributed by atoms with Gasteiger partial charge in [-0.05, 0) is 17.7 Å². The number of nitrogens with zero attached hydrogens (tertiary/aromatic N) is 2. The highest BCUT2D eigenvalue weighted by molar-refractivity contribution is 6.03. The highest BCUT2D eigenvalue weighted by Gasteiger charge is 2.34. The molecule has 0 aliphatic carbocycles. The lowest BCUT2D eigenvalue weighted by Crippen LogP contribution is -2.33. The van der Waals surface area contributed by atoms with Crippen molar-refractivity contribution in [2.45, 2.75) is 12.5 Å². The molecule has 6 heteroatoms. The minimum atomic E-state index is -0.382. The van der Waals surface area contributed by atoms with Gasteiger partial charge in [-0.2, -0.15) is 4.99 Å². The molecule has 2 heterocycles. The maximum atomic E-state index is 11.9. The van der Waals surface area contributed by atoms with Crippen molar-refractivity contribution in [2.24, 2.45) is 10.7 Å². The summed E-state index contributed by atoms with van der Waals surface area (Å²) >= 11 is 0. The van der Waals surface area contributed by atoms with E-state index in [9.17, 15) is 4.79 Å². The second-order valence-corrected chi connectivity index (χ2v) is 4.92. The van der Waals surface area contributed by atoms with Gasteiger partial charge < -0.3 is 20.1 Å². The third kappa shape index (κ3) is 2.44. The van der Waals surface area contributed by atoms with E-state index in [1.807, 2.05) is 18.2 Å². The van der Waals surface area contributed by atoms with Crippen LogP contribution in [0.3, 0.4) is 0 Å². The van der Waals surface area contributed by atoms with Crippen molar-refractivity contribution in [3.05, 3.63) is 36.4 Å². The maximum absolute atomic E-state index is 11.9. The maximum Gasteiger partial charge on any atom is 0.346 e. The van der Waals surface area contributed by atoms with Crippen molar-refractivity contribution in [1.29, 1.82) is 0 Å². The highest BCUT2D eigenvalue weighted by Crippen LogP contribution is 2.35. The molecule has 6 nitrogen and oxygen atoms in total. The number of nitrogens with two attached hydrogens (primary N) is 1. The molecule has 2 N–H and O–H groups in total. The number of fused-ring (bicyclic) bond motifs is 1. The van der Waals surface area contributed by atoms with E-state index >= 15 is 0 Å². The fraction of sp³-hybridized carbons (Fsp3) is 0.333. The zero-order valence-electron chi connectivity index (χ0n) is 11.6. The van der Waals surface area contributed by atoms with E-state index in [0.717, 1.165) is 12.0 Å². The molecule has 1 aromatic rings. The molecule has 21 heavy (non-hydrogen) atoms. The molecule has 0 saturated heterocycles. The van der Waals surface area contributed by atoms with Gasteiger partial charge in [0.05, 0.1) is 13.2 Å². The van der Waals surface area contributed by atoms with Gasteiger partial charge in [-0.25, -0.2) is 4.79 Å². The van der Waals surface area contributed by atoms with Crippen molar-refractivity contribution in [3.63, 3.8) is 0 Å². The van der Waals surface area contributed by atoms with Gasteiger partial charge in [0.1, 0.15) is 11.9 Å². The van der Waals surface area contributed by atoms with Gasteiger partial charge in [-0.3, -0.25) is 0 Å². The van der Waals surface area contributed by atoms with Gasteiger partial charge in [0.2, 0.25) is 0 Å². The summed E-state index contributed by atoms with van der Waals surface area (Å²) in [7, 11) is 0. The first kappa shape index (κ1) is 13.5. The molecule has 0 saturated carbocycles. The first-order valence-electron chi connectivity index (χ1n) is 6.86. The Morgan fingerprint density at radius 1 is 1.38 bits per heavy atom. The first-order valence-corrected chi connectivity index (χ1v) is 6.86. The predicted octanol–water partition coefficient (Wildman–Crippen LogP) is 1.87. The fourth-order valence-corrected chi connectivity index (χ4v) is 2.53. The Kier molecular flexibility index (Phi) is 3.51. The standard InChI is InChI=1S/C15H17N3O3/c1-2-6-18-13(14(16)17-15(18)19)10-4-5-11-12(9-10)21-8-3-7-20-11/h2,4-5,9,13H,1,3,6-8H2,(H2,16,17,19). The van der Waals surface area contributed by atoms with Gasteiger partial charge in [0.25, 0.3) is 0 Å². The molecule has 0 spiro atoms. The van der Waals surface area contributed by atoms with E-state index in [-0.39, 0.29) is 17.9 Å². The molecule has 3 rings (SSSR count). The van der Waals surface area contributed by atoms with Crippen LogP contribution >= 0.6 is 0 Å². The lowest BCUT2D eigenvalue weighted by molar-refractivity contribution is 0.212. The van der Waals surface area contributed by atoms with Crippen molar-refractivity contribution in [2.75, 3.05) is 19.8 Å². The summed E-state index contributed by atoms with van der Waals surface area (Å²) in [6.07, 6.45) is 2.50. The number of hydrogen-bond donors (Lipinski definition) is 1. The van der Waals surface area contributed by atoms with Crippen LogP contribution in [0.2, 0.25) is 0 Å². The van der Waals surface area contributed by atoms with Crippen LogP contribution in [0, 0.1) is 0 Å². The summed E-state index contributed by atoms with van der Waals surface area (Å²) in [4.78, 5) is 17.3. The monoisotopic (exact) mass is 287 g/mol. The summed E-state index contributed by atoms with van der Waals surface area (Å²) in [6, 6.07) is 4.87. The number of ether oxygens (including phenoxy) is 2. The zero-order chi connectivity index (χ0) is 14.8. The number of aliphatic imine (C=N–C) groups is 1. The van der Waals surface area contributed by atoms with Crippen LogP contribution in [0.1, 0.15) is 18.0 Å². The average Bonchev–Trinajstić information content (AvgIpc) is 2.66. The second kappa shape index (κ2) is 5.47. The summed E-state index contributed by atoms with van der Waals surface area (Å²) in [5, 5.41) is 0. The molecule has 1 aromatic carbocycles. The minimum absolute atomic E-state index is 0.288. The van der Waals surface area contributed by atoms with Crippen molar-refractivity contribution < 1.29 is 14.3 Å². The first-order chi connectivity index (χ1) is 10.2. The van der Waals surface area contributed by atoms with Crippen LogP contribution in [0.15, 0.2) is 35.8 Å². The quantitative estimate of drug-likeness (QED) is 0.861. The Balaban J connectivity index is 1.95. The van der Waals surface area contributed by atoms with Gasteiger partial charge >= 0.3 is 6.03 Å². The molecule has 0 fully saturated rings. The van der Waals surface area contributed by atoms with E-state index in [1.54, 1.807) is 11.0 Å². The number of carbonyl (C=O) groups excluding carboxylic acids is 1. The van der Waals surface area contributed by atoms with Gasteiger partial charge in [-0.1, -0.05) is 12.1 Å². The number of carbonyl (C=O) groups is 1. The highest BCUT2D eigenvalue weighted by atomic mass is 16.5. The smallest absolute Gasteiger partial charge is 0.346 e. The van der Waals surface area contributed by atoms with Crippen molar-refractivity contribution in [1.82, 2.24) is 4.90 Å². The molecule has 1 unspecified atom stereocenters. The average molecular weight is 287 g/mol. The Bertz CT molecular complexity index is 612. The van der Waals surface area contributed by atoms with E-state index < -0.39 is 0 Å². The predicted molar refractivity (Wildman–Crippen MR) is 78.7 cm³/mol. The Labute approximate surface area is 122 Å². The van der Waals surface area contributed by atoms with Crippen molar-refractivity contribution in [3.8, 4) is 11.5 Å². The third-order valence-electron chi connectivity index (χ3n) is 3.48. The van der Waals surface area contributed by atoms with Crippen molar-refractivity contribution >= 4 is 11.9 Å². The lowest BCUT2D eigenvalue weighted by atomic mass is 10.0. The van der Waals surface area contributed by atoms with Crippen LogP contribution in [-0.2, 0) is 0 Å². The van der Waals surface area contributed by atoms with Crippen LogP contribution in [0.5, 0.6) is 11.5 Å². The SMILES string of the molecule is C=CCN1C(=O)N=C(N)C1c1ccc2c(c1)OCCCO2. The summed E-state index contributed by atoms with van der Waals surface area (Å²) in [5.41, 5.74) is 6.76. The molecule has 0 radical (unpaired) electrons. The summed E-state index contributed by atoms with van der Waals surface area (Å²) < 4.78 is 11.3. The number of urea groups is 1. The fourth-order valence-electron chi connectivity index (χ4n) is 2.53. The Morgan fingerprint density at radius 3 is 2.90 bits per heavy atom. The number of amides is 2. The lowest BCUT2D eigenvalue weighted by Gasteiger charge is -2.23. The van der Waals surface area contributed by atoms with Gasteiger partial charge in [-0.15, -0.1) is 6.58 Å². The van der Waals surface area contributed by atoms with E-state index in [4.69, 9.17) is 15.2 Å². The molecule has 1 atom stereocenters. The van der Waals surface area contributed by atoms with Crippen LogP contribution in [-0.4, -0.2) is 36.5 Å². The third-order valence-corrected chi connectivity index (χ3v) is 3.48. The normalized spacial score (nSPS) is 21.0. The molecule has 110 valence electrons. The Hall–Kier alpha value is -2.50. The number of rotatable bonds is 3. The summed E-state index contributed by atoms with van der Waals surface area (Å²) in [5.74, 6) is 1.68. The number of hydrogen-bond acceptors (Lipinski definition) is 4. The molecular formula is C15H17N3O3.